The Morgan fingerprint density at radius 3 is 2.32 bits per heavy atom. The summed E-state index contributed by atoms with van der Waals surface area (Å²) in [6.45, 7) is 7.09. The van der Waals surface area contributed by atoms with Crippen LogP contribution in [-0.4, -0.2) is 59.4 Å². The second kappa shape index (κ2) is 9.71. The Morgan fingerprint density at radius 1 is 1.14 bits per heavy atom. The molecular weight excluding hydrogens is 356 g/mol. The Kier molecular flexibility index (Phi) is 7.61. The summed E-state index contributed by atoms with van der Waals surface area (Å²) >= 11 is 0. The molecule has 1 aromatic rings. The van der Waals surface area contributed by atoms with Gasteiger partial charge in [-0.05, 0) is 35.8 Å². The minimum atomic E-state index is -0.862. The van der Waals surface area contributed by atoms with Crippen molar-refractivity contribution in [2.75, 3.05) is 26.7 Å². The maximum Gasteiger partial charge on any atom is 0.308 e. The third kappa shape index (κ3) is 5.81. The predicted molar refractivity (Wildman–Crippen MR) is 108 cm³/mol. The first-order valence-corrected chi connectivity index (χ1v) is 10.0. The molecular formula is C22H32N2O4. The van der Waals surface area contributed by atoms with Crippen LogP contribution in [-0.2, 0) is 14.4 Å². The number of amides is 2. The van der Waals surface area contributed by atoms with E-state index in [1.165, 1.54) is 10.5 Å². The average molecular weight is 389 g/mol. The maximum absolute atomic E-state index is 12.6. The van der Waals surface area contributed by atoms with Crippen LogP contribution in [0.5, 0.6) is 0 Å². The number of carboxylic acid groups (broad SMARTS) is 1. The molecule has 1 aliphatic heterocycles. The Labute approximate surface area is 167 Å². The number of benzene rings is 1. The number of nitrogens with zero attached hydrogens (tertiary/aromatic N) is 2. The van der Waals surface area contributed by atoms with Crippen molar-refractivity contribution in [2.45, 2.75) is 51.9 Å². The SMILES string of the molecule is CC(C)c1ccc(C(C)CC(=O)N(C)CC(=O)N2CCCC(C(=O)O)C2)cc1. The lowest BCUT2D eigenvalue weighted by Crippen LogP contribution is -2.47. The van der Waals surface area contributed by atoms with Gasteiger partial charge in [-0.3, -0.25) is 14.4 Å². The van der Waals surface area contributed by atoms with Crippen molar-refractivity contribution >= 4 is 17.8 Å². The molecule has 2 amide bonds. The van der Waals surface area contributed by atoms with E-state index >= 15 is 0 Å². The van der Waals surface area contributed by atoms with Gasteiger partial charge in [-0.1, -0.05) is 45.0 Å². The van der Waals surface area contributed by atoms with Gasteiger partial charge in [-0.2, -0.15) is 0 Å². The van der Waals surface area contributed by atoms with Crippen LogP contribution in [0.25, 0.3) is 0 Å². The van der Waals surface area contributed by atoms with E-state index in [0.29, 0.717) is 31.7 Å². The fourth-order valence-electron chi connectivity index (χ4n) is 3.54. The van der Waals surface area contributed by atoms with Crippen molar-refractivity contribution < 1.29 is 19.5 Å². The van der Waals surface area contributed by atoms with Crippen LogP contribution in [0.2, 0.25) is 0 Å². The highest BCUT2D eigenvalue weighted by Crippen LogP contribution is 2.23. The Bertz CT molecular complexity index is 699. The molecule has 6 heteroatoms. The number of likely N-dealkylation sites (tertiary alicyclic amines) is 1. The van der Waals surface area contributed by atoms with Crippen molar-refractivity contribution in [3.63, 3.8) is 0 Å². The average Bonchev–Trinajstić information content (AvgIpc) is 2.67. The van der Waals surface area contributed by atoms with Crippen molar-refractivity contribution in [2.24, 2.45) is 5.92 Å². The summed E-state index contributed by atoms with van der Waals surface area (Å²) in [4.78, 5) is 39.2. The van der Waals surface area contributed by atoms with E-state index in [-0.39, 0.29) is 30.8 Å². The molecule has 0 bridgehead atoms. The molecule has 154 valence electrons. The van der Waals surface area contributed by atoms with Gasteiger partial charge in [0.05, 0.1) is 12.5 Å². The molecule has 28 heavy (non-hydrogen) atoms. The summed E-state index contributed by atoms with van der Waals surface area (Å²) in [5.74, 6) is -1.10. The molecule has 1 heterocycles. The first-order valence-electron chi connectivity index (χ1n) is 10.0. The lowest BCUT2D eigenvalue weighted by atomic mass is 9.94. The van der Waals surface area contributed by atoms with Gasteiger partial charge < -0.3 is 14.9 Å². The van der Waals surface area contributed by atoms with Crippen LogP contribution in [0.15, 0.2) is 24.3 Å². The zero-order valence-corrected chi connectivity index (χ0v) is 17.4. The summed E-state index contributed by atoms with van der Waals surface area (Å²) in [6, 6.07) is 8.34. The highest BCUT2D eigenvalue weighted by molar-refractivity contribution is 5.85. The van der Waals surface area contributed by atoms with E-state index in [1.54, 1.807) is 11.9 Å². The summed E-state index contributed by atoms with van der Waals surface area (Å²) in [6.07, 6.45) is 1.62. The number of rotatable bonds is 7. The van der Waals surface area contributed by atoms with E-state index in [0.717, 1.165) is 5.56 Å². The molecule has 2 atom stereocenters. The van der Waals surface area contributed by atoms with Crippen molar-refractivity contribution in [3.8, 4) is 0 Å². The van der Waals surface area contributed by atoms with Crippen LogP contribution >= 0.6 is 0 Å². The molecule has 1 aromatic carbocycles. The van der Waals surface area contributed by atoms with Crippen molar-refractivity contribution in [3.05, 3.63) is 35.4 Å². The zero-order valence-electron chi connectivity index (χ0n) is 17.4. The van der Waals surface area contributed by atoms with Crippen molar-refractivity contribution in [1.82, 2.24) is 9.80 Å². The van der Waals surface area contributed by atoms with Crippen LogP contribution in [0.1, 0.15) is 63.0 Å². The molecule has 0 aromatic heterocycles. The van der Waals surface area contributed by atoms with Gasteiger partial charge in [-0.15, -0.1) is 0 Å². The Balaban J connectivity index is 1.87. The van der Waals surface area contributed by atoms with E-state index < -0.39 is 11.9 Å². The van der Waals surface area contributed by atoms with Gasteiger partial charge in [0, 0.05) is 26.6 Å². The number of piperidine rings is 1. The summed E-state index contributed by atoms with van der Waals surface area (Å²) < 4.78 is 0. The molecule has 1 fully saturated rings. The fourth-order valence-corrected chi connectivity index (χ4v) is 3.54. The molecule has 1 saturated heterocycles. The van der Waals surface area contributed by atoms with Crippen molar-refractivity contribution in [1.29, 1.82) is 0 Å². The van der Waals surface area contributed by atoms with Gasteiger partial charge in [-0.25, -0.2) is 0 Å². The number of hydrogen-bond donors (Lipinski definition) is 1. The highest BCUT2D eigenvalue weighted by Gasteiger charge is 2.29. The van der Waals surface area contributed by atoms with Crippen LogP contribution in [0.3, 0.4) is 0 Å². The minimum absolute atomic E-state index is 0.00974. The van der Waals surface area contributed by atoms with Gasteiger partial charge in [0.25, 0.3) is 0 Å². The minimum Gasteiger partial charge on any atom is -0.481 e. The van der Waals surface area contributed by atoms with E-state index in [1.807, 2.05) is 6.92 Å². The van der Waals surface area contributed by atoms with Gasteiger partial charge in [0.2, 0.25) is 11.8 Å². The summed E-state index contributed by atoms with van der Waals surface area (Å²) in [5, 5.41) is 9.16. The van der Waals surface area contributed by atoms with Crippen LogP contribution in [0, 0.1) is 5.92 Å². The molecule has 2 unspecified atom stereocenters. The number of carbonyl (C=O) groups is 3. The first kappa shape index (κ1) is 21.9. The highest BCUT2D eigenvalue weighted by atomic mass is 16.4. The normalized spacial score (nSPS) is 18.0. The molecule has 2 rings (SSSR count). The number of likely N-dealkylation sites (N-methyl/N-ethyl adjacent to an activating group) is 1. The lowest BCUT2D eigenvalue weighted by Gasteiger charge is -2.32. The number of aliphatic carboxylic acids is 1. The number of hydrogen-bond acceptors (Lipinski definition) is 3. The van der Waals surface area contributed by atoms with E-state index in [4.69, 9.17) is 5.11 Å². The molecule has 0 radical (unpaired) electrons. The summed E-state index contributed by atoms with van der Waals surface area (Å²) in [7, 11) is 1.63. The Hall–Kier alpha value is -2.37. The molecule has 0 aliphatic carbocycles. The molecule has 0 spiro atoms. The zero-order chi connectivity index (χ0) is 20.8. The molecule has 6 nitrogen and oxygen atoms in total. The second-order valence-electron chi connectivity index (χ2n) is 8.19. The third-order valence-electron chi connectivity index (χ3n) is 5.57. The molecule has 1 N–H and O–H groups in total. The second-order valence-corrected chi connectivity index (χ2v) is 8.19. The van der Waals surface area contributed by atoms with E-state index in [2.05, 4.69) is 38.1 Å². The number of carboxylic acids is 1. The molecule has 1 aliphatic rings. The topological polar surface area (TPSA) is 77.9 Å². The third-order valence-corrected chi connectivity index (χ3v) is 5.57. The fraction of sp³-hybridized carbons (Fsp3) is 0.591. The van der Waals surface area contributed by atoms with Gasteiger partial charge >= 0.3 is 5.97 Å². The standard InChI is InChI=1S/C22H32N2O4/c1-15(2)17-7-9-18(10-8-17)16(3)12-20(25)23(4)14-21(26)24-11-5-6-19(13-24)22(27)28/h7-10,15-16,19H,5-6,11-14H2,1-4H3,(H,27,28). The lowest BCUT2D eigenvalue weighted by molar-refractivity contribution is -0.147. The predicted octanol–water partition coefficient (Wildman–Crippen LogP) is 3.09. The van der Waals surface area contributed by atoms with Gasteiger partial charge in [0.1, 0.15) is 0 Å². The van der Waals surface area contributed by atoms with Crippen LogP contribution < -0.4 is 0 Å². The Morgan fingerprint density at radius 2 is 1.75 bits per heavy atom. The van der Waals surface area contributed by atoms with Gasteiger partial charge in [0.15, 0.2) is 0 Å². The summed E-state index contributed by atoms with van der Waals surface area (Å²) in [5.41, 5.74) is 2.38. The first-order chi connectivity index (χ1) is 13.2. The quantitative estimate of drug-likeness (QED) is 0.779. The maximum atomic E-state index is 12.6. The smallest absolute Gasteiger partial charge is 0.308 e. The van der Waals surface area contributed by atoms with Crippen LogP contribution in [0.4, 0.5) is 0 Å². The largest absolute Gasteiger partial charge is 0.481 e. The monoisotopic (exact) mass is 388 g/mol. The molecule has 0 saturated carbocycles. The van der Waals surface area contributed by atoms with E-state index in [9.17, 15) is 14.4 Å². The number of carbonyl (C=O) groups excluding carboxylic acids is 2.